The van der Waals surface area contributed by atoms with Crippen LogP contribution in [-0.4, -0.2) is 46.6 Å². The number of ether oxygens (including phenoxy) is 2. The molecule has 2 heterocycles. The molecule has 3 aromatic rings. The third-order valence-corrected chi connectivity index (χ3v) is 5.79. The third-order valence-electron chi connectivity index (χ3n) is 5.54. The number of allylic oxidation sites excluding steroid dienone is 1. The number of aliphatic hydroxyl groups excluding tert-OH is 1. The molecule has 1 aromatic heterocycles. The predicted octanol–water partition coefficient (Wildman–Crippen LogP) is 3.80. The van der Waals surface area contributed by atoms with Crippen molar-refractivity contribution in [2.45, 2.75) is 25.8 Å². The van der Waals surface area contributed by atoms with Gasteiger partial charge in [-0.1, -0.05) is 11.6 Å². The summed E-state index contributed by atoms with van der Waals surface area (Å²) in [5.74, 6) is 1.96. The lowest BCUT2D eigenvalue weighted by Gasteiger charge is -2.29. The van der Waals surface area contributed by atoms with Gasteiger partial charge in [0, 0.05) is 41.1 Å². The molecule has 1 aliphatic heterocycles. The van der Waals surface area contributed by atoms with Gasteiger partial charge in [0.2, 0.25) is 5.95 Å². The van der Waals surface area contributed by atoms with E-state index in [1.54, 1.807) is 49.2 Å². The number of anilines is 2. The molecule has 1 atom stereocenters. The molecule has 10 heteroatoms. The molecule has 1 aliphatic rings. The van der Waals surface area contributed by atoms with Crippen LogP contribution < -0.4 is 20.1 Å². The maximum absolute atomic E-state index is 13.6. The first-order chi connectivity index (χ1) is 16.4. The second kappa shape index (κ2) is 10.1. The second-order valence-electron chi connectivity index (χ2n) is 7.76. The highest BCUT2D eigenvalue weighted by molar-refractivity contribution is 6.30. The number of carbonyl (C=O) groups excluding carboxylic acids is 1. The van der Waals surface area contributed by atoms with Crippen LogP contribution in [0.2, 0.25) is 5.02 Å². The molecule has 0 saturated heterocycles. The van der Waals surface area contributed by atoms with Gasteiger partial charge in [-0.05, 0) is 49.7 Å². The SMILES string of the molecule is COc1ccc([C@H]2C(C(=O)Nc3ccc(Cl)cc3)=C(C)Nc3nc(CCCO)nn32)c(OC)c1. The van der Waals surface area contributed by atoms with E-state index < -0.39 is 6.04 Å². The molecule has 34 heavy (non-hydrogen) atoms. The van der Waals surface area contributed by atoms with Gasteiger partial charge in [-0.25, -0.2) is 4.68 Å². The molecule has 0 bridgehead atoms. The van der Waals surface area contributed by atoms with E-state index in [9.17, 15) is 9.90 Å². The second-order valence-corrected chi connectivity index (χ2v) is 8.19. The topological polar surface area (TPSA) is 111 Å². The zero-order valence-corrected chi connectivity index (χ0v) is 19.9. The maximum atomic E-state index is 13.6. The largest absolute Gasteiger partial charge is 0.497 e. The molecule has 0 fully saturated rings. The molecular formula is C24H26ClN5O4. The Hall–Kier alpha value is -3.56. The highest BCUT2D eigenvalue weighted by Crippen LogP contribution is 2.40. The first kappa shape index (κ1) is 23.6. The minimum absolute atomic E-state index is 0.0407. The Morgan fingerprint density at radius 1 is 1.21 bits per heavy atom. The van der Waals surface area contributed by atoms with Crippen molar-refractivity contribution in [2.75, 3.05) is 31.5 Å². The quantitative estimate of drug-likeness (QED) is 0.447. The van der Waals surface area contributed by atoms with E-state index >= 15 is 0 Å². The lowest BCUT2D eigenvalue weighted by atomic mass is 9.94. The van der Waals surface area contributed by atoms with E-state index in [2.05, 4.69) is 20.7 Å². The van der Waals surface area contributed by atoms with Crippen molar-refractivity contribution in [3.05, 3.63) is 70.1 Å². The van der Waals surface area contributed by atoms with Crippen molar-refractivity contribution in [1.82, 2.24) is 14.8 Å². The maximum Gasteiger partial charge on any atom is 0.255 e. The Bertz CT molecular complexity index is 1220. The summed E-state index contributed by atoms with van der Waals surface area (Å²) in [5.41, 5.74) is 2.45. The third kappa shape index (κ3) is 4.71. The number of methoxy groups -OCH3 is 2. The van der Waals surface area contributed by atoms with E-state index in [1.807, 2.05) is 19.1 Å². The standard InChI is InChI=1S/C24H26ClN5O4/c1-14-21(23(32)27-16-8-6-15(25)7-9-16)22(18-11-10-17(33-2)13-19(18)34-3)30-24(26-14)28-20(29-30)5-4-12-31/h6-11,13,22,31H,4-5,12H2,1-3H3,(H,27,32)(H,26,28,29)/t22-/m0/s1. The van der Waals surface area contributed by atoms with Crippen LogP contribution in [0.4, 0.5) is 11.6 Å². The lowest BCUT2D eigenvalue weighted by Crippen LogP contribution is -2.31. The van der Waals surface area contributed by atoms with Crippen LogP contribution in [0.3, 0.4) is 0 Å². The molecule has 3 N–H and O–H groups in total. The van der Waals surface area contributed by atoms with Gasteiger partial charge in [-0.3, -0.25) is 4.79 Å². The Kier molecular flexibility index (Phi) is 7.04. The van der Waals surface area contributed by atoms with Gasteiger partial charge in [0.25, 0.3) is 5.91 Å². The molecular weight excluding hydrogens is 458 g/mol. The van der Waals surface area contributed by atoms with E-state index in [0.29, 0.717) is 58.1 Å². The minimum Gasteiger partial charge on any atom is -0.497 e. The van der Waals surface area contributed by atoms with Gasteiger partial charge in [-0.15, -0.1) is 0 Å². The molecule has 0 aliphatic carbocycles. The fourth-order valence-corrected chi connectivity index (χ4v) is 4.02. The normalized spacial score (nSPS) is 14.9. The number of hydrogen-bond donors (Lipinski definition) is 3. The molecule has 178 valence electrons. The Labute approximate surface area is 202 Å². The fourth-order valence-electron chi connectivity index (χ4n) is 3.90. The van der Waals surface area contributed by atoms with Gasteiger partial charge in [0.1, 0.15) is 17.5 Å². The van der Waals surface area contributed by atoms with Crippen LogP contribution in [0.25, 0.3) is 0 Å². The first-order valence-electron chi connectivity index (χ1n) is 10.8. The summed E-state index contributed by atoms with van der Waals surface area (Å²) in [6.07, 6.45) is 1.05. The van der Waals surface area contributed by atoms with Crippen molar-refractivity contribution >= 4 is 29.1 Å². The van der Waals surface area contributed by atoms with Crippen molar-refractivity contribution in [3.8, 4) is 11.5 Å². The summed E-state index contributed by atoms with van der Waals surface area (Å²) < 4.78 is 12.7. The van der Waals surface area contributed by atoms with Crippen LogP contribution in [0.1, 0.15) is 30.8 Å². The molecule has 0 saturated carbocycles. The monoisotopic (exact) mass is 483 g/mol. The summed E-state index contributed by atoms with van der Waals surface area (Å²) in [7, 11) is 3.15. The summed E-state index contributed by atoms with van der Waals surface area (Å²) in [6.45, 7) is 1.87. The average Bonchev–Trinajstić information content (AvgIpc) is 3.25. The number of nitrogens with one attached hydrogen (secondary N) is 2. The number of benzene rings is 2. The number of nitrogens with zero attached hydrogens (tertiary/aromatic N) is 3. The van der Waals surface area contributed by atoms with E-state index in [1.165, 1.54) is 0 Å². The van der Waals surface area contributed by atoms with Crippen LogP contribution in [0.15, 0.2) is 53.7 Å². The van der Waals surface area contributed by atoms with Gasteiger partial charge < -0.3 is 25.2 Å². The summed E-state index contributed by atoms with van der Waals surface area (Å²) in [4.78, 5) is 18.1. The zero-order valence-electron chi connectivity index (χ0n) is 19.1. The van der Waals surface area contributed by atoms with Gasteiger partial charge in [0.05, 0.1) is 19.8 Å². The summed E-state index contributed by atoms with van der Waals surface area (Å²) >= 11 is 5.99. The fraction of sp³-hybridized carbons (Fsp3) is 0.292. The summed E-state index contributed by atoms with van der Waals surface area (Å²) in [6, 6.07) is 11.7. The number of carbonyl (C=O) groups is 1. The van der Waals surface area contributed by atoms with Crippen molar-refractivity contribution < 1.29 is 19.4 Å². The number of fused-ring (bicyclic) bond motifs is 1. The van der Waals surface area contributed by atoms with E-state index in [-0.39, 0.29) is 12.5 Å². The summed E-state index contributed by atoms with van der Waals surface area (Å²) in [5, 5.41) is 20.6. The van der Waals surface area contributed by atoms with Crippen LogP contribution in [-0.2, 0) is 11.2 Å². The Morgan fingerprint density at radius 3 is 2.65 bits per heavy atom. The molecule has 0 spiro atoms. The predicted molar refractivity (Wildman–Crippen MR) is 130 cm³/mol. The molecule has 0 radical (unpaired) electrons. The number of hydrogen-bond acceptors (Lipinski definition) is 7. The van der Waals surface area contributed by atoms with Crippen LogP contribution in [0, 0.1) is 0 Å². The molecule has 0 unspecified atom stereocenters. The van der Waals surface area contributed by atoms with Crippen molar-refractivity contribution in [2.24, 2.45) is 0 Å². The lowest BCUT2D eigenvalue weighted by molar-refractivity contribution is -0.113. The van der Waals surface area contributed by atoms with E-state index in [4.69, 9.17) is 21.1 Å². The molecule has 9 nitrogen and oxygen atoms in total. The number of aliphatic hydroxyl groups is 1. The highest BCUT2D eigenvalue weighted by atomic mass is 35.5. The minimum atomic E-state index is -0.611. The van der Waals surface area contributed by atoms with Gasteiger partial charge in [0.15, 0.2) is 5.82 Å². The molecule has 2 aromatic carbocycles. The van der Waals surface area contributed by atoms with Gasteiger partial charge >= 0.3 is 0 Å². The number of halogens is 1. The highest BCUT2D eigenvalue weighted by Gasteiger charge is 2.36. The number of aromatic nitrogens is 3. The number of rotatable bonds is 8. The van der Waals surface area contributed by atoms with E-state index in [0.717, 1.165) is 5.56 Å². The smallest absolute Gasteiger partial charge is 0.255 e. The Balaban J connectivity index is 1.81. The molecule has 1 amide bonds. The van der Waals surface area contributed by atoms with Crippen molar-refractivity contribution in [3.63, 3.8) is 0 Å². The first-order valence-corrected chi connectivity index (χ1v) is 11.2. The molecule has 4 rings (SSSR count). The Morgan fingerprint density at radius 2 is 1.97 bits per heavy atom. The average molecular weight is 484 g/mol. The number of aryl methyl sites for hydroxylation is 1. The van der Waals surface area contributed by atoms with Crippen LogP contribution >= 0.6 is 11.6 Å². The van der Waals surface area contributed by atoms with Crippen LogP contribution in [0.5, 0.6) is 11.5 Å². The number of amides is 1. The van der Waals surface area contributed by atoms with Gasteiger partial charge in [-0.2, -0.15) is 10.1 Å². The zero-order chi connectivity index (χ0) is 24.2. The van der Waals surface area contributed by atoms with Crippen molar-refractivity contribution in [1.29, 1.82) is 0 Å².